The summed E-state index contributed by atoms with van der Waals surface area (Å²) in [5, 5.41) is 19.3. The largest absolute Gasteiger partial charge is 0.361 e. The molecule has 1 aromatic rings. The predicted molar refractivity (Wildman–Crippen MR) is 79.2 cm³/mol. The molecule has 4 atom stereocenters. The first kappa shape index (κ1) is 13.1. The van der Waals surface area contributed by atoms with Crippen LogP contribution in [0.25, 0.3) is 0 Å². The van der Waals surface area contributed by atoms with Gasteiger partial charge >= 0.3 is 5.69 Å². The van der Waals surface area contributed by atoms with E-state index in [9.17, 15) is 10.1 Å². The van der Waals surface area contributed by atoms with E-state index in [2.05, 4.69) is 10.4 Å². The summed E-state index contributed by atoms with van der Waals surface area (Å²) in [5.41, 5.74) is 0.658. The smallest absolute Gasteiger partial charge is 0.333 e. The van der Waals surface area contributed by atoms with Crippen LogP contribution < -0.4 is 5.32 Å². The van der Waals surface area contributed by atoms with E-state index >= 15 is 0 Å². The molecule has 6 heteroatoms. The van der Waals surface area contributed by atoms with E-state index in [1.54, 1.807) is 11.6 Å². The Morgan fingerprint density at radius 2 is 1.95 bits per heavy atom. The van der Waals surface area contributed by atoms with Crippen LogP contribution in [0.4, 0.5) is 11.5 Å². The second-order valence-electron chi connectivity index (χ2n) is 7.24. The average molecular weight is 290 g/mol. The molecule has 114 valence electrons. The van der Waals surface area contributed by atoms with Crippen molar-refractivity contribution in [2.24, 2.45) is 23.7 Å². The van der Waals surface area contributed by atoms with Crippen LogP contribution in [0.2, 0.25) is 0 Å². The Hall–Kier alpha value is -1.59. The highest BCUT2D eigenvalue weighted by molar-refractivity contribution is 5.61. The van der Waals surface area contributed by atoms with Crippen LogP contribution in [0.1, 0.15) is 44.8 Å². The van der Waals surface area contributed by atoms with Crippen LogP contribution in [-0.4, -0.2) is 20.7 Å². The number of fused-ring (bicyclic) bond motifs is 5. The molecule has 1 N–H and O–H groups in total. The second-order valence-corrected chi connectivity index (χ2v) is 7.24. The summed E-state index contributed by atoms with van der Waals surface area (Å²) in [5.74, 6) is 3.82. The van der Waals surface area contributed by atoms with Gasteiger partial charge in [-0.05, 0) is 63.7 Å². The normalized spacial score (nSPS) is 36.1. The maximum atomic E-state index is 11.4. The molecule has 4 rings (SSSR count). The number of aromatic nitrogens is 2. The van der Waals surface area contributed by atoms with E-state index < -0.39 is 0 Å². The predicted octanol–water partition coefficient (Wildman–Crippen LogP) is 3.14. The third kappa shape index (κ3) is 1.74. The van der Waals surface area contributed by atoms with Gasteiger partial charge in [0, 0.05) is 12.1 Å². The first-order valence-corrected chi connectivity index (χ1v) is 7.99. The molecule has 3 aliphatic carbocycles. The Balaban J connectivity index is 1.64. The maximum Gasteiger partial charge on any atom is 0.333 e. The van der Waals surface area contributed by atoms with E-state index in [1.165, 1.54) is 19.3 Å². The minimum atomic E-state index is -0.295. The van der Waals surface area contributed by atoms with Gasteiger partial charge in [-0.15, -0.1) is 0 Å². The first-order chi connectivity index (χ1) is 9.99. The van der Waals surface area contributed by atoms with Crippen LogP contribution in [-0.2, 0) is 0 Å². The van der Waals surface area contributed by atoms with Gasteiger partial charge in [-0.25, -0.2) is 4.68 Å². The average Bonchev–Trinajstić information content (AvgIpc) is 2.77. The molecule has 21 heavy (non-hydrogen) atoms. The number of hydrogen-bond acceptors (Lipinski definition) is 4. The van der Waals surface area contributed by atoms with Gasteiger partial charge in [0.1, 0.15) is 5.69 Å². The molecular formula is C15H22N4O2. The summed E-state index contributed by atoms with van der Waals surface area (Å²) in [7, 11) is 0. The summed E-state index contributed by atoms with van der Waals surface area (Å²) >= 11 is 0. The molecule has 4 unspecified atom stereocenters. The van der Waals surface area contributed by atoms with Gasteiger partial charge in [-0.1, -0.05) is 0 Å². The van der Waals surface area contributed by atoms with Gasteiger partial charge in [0.2, 0.25) is 5.82 Å². The molecule has 0 saturated heterocycles. The Bertz CT molecular complexity index is 593. The molecule has 1 aromatic heterocycles. The lowest BCUT2D eigenvalue weighted by Crippen LogP contribution is -2.17. The molecule has 0 aromatic carbocycles. The molecule has 2 bridgehead atoms. The van der Waals surface area contributed by atoms with Crippen molar-refractivity contribution in [2.75, 3.05) is 5.32 Å². The molecule has 3 fully saturated rings. The van der Waals surface area contributed by atoms with Crippen molar-refractivity contribution < 1.29 is 4.92 Å². The summed E-state index contributed by atoms with van der Waals surface area (Å²) in [6.45, 7) is 5.75. The van der Waals surface area contributed by atoms with Crippen molar-refractivity contribution in [3.05, 3.63) is 15.8 Å². The zero-order valence-electron chi connectivity index (χ0n) is 12.7. The van der Waals surface area contributed by atoms with Gasteiger partial charge in [0.25, 0.3) is 0 Å². The molecule has 0 amide bonds. The van der Waals surface area contributed by atoms with E-state index in [4.69, 9.17) is 0 Å². The molecule has 1 heterocycles. The zero-order valence-corrected chi connectivity index (χ0v) is 12.7. The minimum absolute atomic E-state index is 0.121. The van der Waals surface area contributed by atoms with Crippen LogP contribution in [0.5, 0.6) is 0 Å². The lowest BCUT2D eigenvalue weighted by molar-refractivity contribution is -0.384. The van der Waals surface area contributed by atoms with E-state index in [0.717, 1.165) is 23.7 Å². The number of nitro groups is 1. The van der Waals surface area contributed by atoms with Gasteiger partial charge in [-0.3, -0.25) is 10.1 Å². The molecule has 3 saturated carbocycles. The standard InChI is InChI=1S/C15H22N4O2/c1-7(2)18-15(14(19(20)21)8(3)17-18)16-13-11-9-4-5-10(6-9)12(11)13/h7,9-13,16H,4-6H2,1-3H3. The Morgan fingerprint density at radius 3 is 2.48 bits per heavy atom. The fourth-order valence-corrected chi connectivity index (χ4v) is 4.94. The molecular weight excluding hydrogens is 268 g/mol. The summed E-state index contributed by atoms with van der Waals surface area (Å²) in [4.78, 5) is 11.1. The molecule has 6 nitrogen and oxygen atoms in total. The summed E-state index contributed by atoms with van der Waals surface area (Å²) in [6, 6.07) is 0.554. The van der Waals surface area contributed by atoms with E-state index in [-0.39, 0.29) is 16.7 Å². The Kier molecular flexibility index (Phi) is 2.63. The molecule has 0 radical (unpaired) electrons. The highest BCUT2D eigenvalue weighted by atomic mass is 16.6. The minimum Gasteiger partial charge on any atom is -0.361 e. The van der Waals surface area contributed by atoms with Crippen LogP contribution in [0.15, 0.2) is 0 Å². The third-order valence-electron chi connectivity index (χ3n) is 5.76. The van der Waals surface area contributed by atoms with Crippen molar-refractivity contribution in [3.63, 3.8) is 0 Å². The van der Waals surface area contributed by atoms with Crippen LogP contribution in [0.3, 0.4) is 0 Å². The van der Waals surface area contributed by atoms with E-state index in [1.807, 2.05) is 13.8 Å². The highest BCUT2D eigenvalue weighted by Crippen LogP contribution is 2.66. The van der Waals surface area contributed by atoms with Gasteiger partial charge in [0.05, 0.1) is 4.92 Å². The fourth-order valence-electron chi connectivity index (χ4n) is 4.94. The van der Waals surface area contributed by atoms with Gasteiger partial charge < -0.3 is 5.32 Å². The number of hydrogen-bond donors (Lipinski definition) is 1. The molecule has 3 aliphatic rings. The maximum absolute atomic E-state index is 11.4. The SMILES string of the molecule is Cc1nn(C(C)C)c(NC2C3C4CCC(C4)C23)c1[N+](=O)[O-]. The fraction of sp³-hybridized carbons (Fsp3) is 0.800. The number of rotatable bonds is 4. The summed E-state index contributed by atoms with van der Waals surface area (Å²) < 4.78 is 1.78. The zero-order chi connectivity index (χ0) is 14.9. The number of aryl methyl sites for hydroxylation is 1. The van der Waals surface area contributed by atoms with Gasteiger partial charge in [-0.2, -0.15) is 5.10 Å². The van der Waals surface area contributed by atoms with E-state index in [0.29, 0.717) is 17.6 Å². The van der Waals surface area contributed by atoms with Crippen molar-refractivity contribution in [3.8, 4) is 0 Å². The third-order valence-corrected chi connectivity index (χ3v) is 5.76. The Morgan fingerprint density at radius 1 is 1.33 bits per heavy atom. The number of nitrogens with zero attached hydrogens (tertiary/aromatic N) is 3. The van der Waals surface area contributed by atoms with Crippen molar-refractivity contribution in [1.29, 1.82) is 0 Å². The van der Waals surface area contributed by atoms with Crippen molar-refractivity contribution in [1.82, 2.24) is 9.78 Å². The lowest BCUT2D eigenvalue weighted by atomic mass is 10.0. The summed E-state index contributed by atoms with van der Waals surface area (Å²) in [6.07, 6.45) is 4.10. The first-order valence-electron chi connectivity index (χ1n) is 7.99. The molecule has 0 aliphatic heterocycles. The van der Waals surface area contributed by atoms with Crippen molar-refractivity contribution in [2.45, 2.75) is 52.1 Å². The van der Waals surface area contributed by atoms with Gasteiger partial charge in [0.15, 0.2) is 0 Å². The van der Waals surface area contributed by atoms with Crippen molar-refractivity contribution >= 4 is 11.5 Å². The molecule has 0 spiro atoms. The topological polar surface area (TPSA) is 73.0 Å². The second kappa shape index (κ2) is 4.21. The highest BCUT2D eigenvalue weighted by Gasteiger charge is 2.65. The number of nitrogens with one attached hydrogen (secondary N) is 1. The lowest BCUT2D eigenvalue weighted by Gasteiger charge is -2.14. The number of anilines is 1. The van der Waals surface area contributed by atoms with Crippen LogP contribution >= 0.6 is 0 Å². The quantitative estimate of drug-likeness (QED) is 0.683. The monoisotopic (exact) mass is 290 g/mol. The van der Waals surface area contributed by atoms with Crippen LogP contribution in [0, 0.1) is 40.7 Å². The Labute approximate surface area is 124 Å².